The predicted octanol–water partition coefficient (Wildman–Crippen LogP) is 3.95. The van der Waals surface area contributed by atoms with E-state index in [0.717, 1.165) is 40.5 Å². The van der Waals surface area contributed by atoms with E-state index in [2.05, 4.69) is 23.5 Å². The third-order valence-electron chi connectivity index (χ3n) is 5.97. The summed E-state index contributed by atoms with van der Waals surface area (Å²) in [5.41, 5.74) is 2.03. The quantitative estimate of drug-likeness (QED) is 0.662. The number of piperidine rings is 1. The number of carbonyl (C=O) groups is 2. The van der Waals surface area contributed by atoms with E-state index in [-0.39, 0.29) is 17.7 Å². The average molecular weight is 417 g/mol. The van der Waals surface area contributed by atoms with E-state index in [0.29, 0.717) is 26.1 Å². The van der Waals surface area contributed by atoms with Gasteiger partial charge in [-0.05, 0) is 46.9 Å². The van der Waals surface area contributed by atoms with Gasteiger partial charge in [-0.15, -0.1) is 0 Å². The minimum atomic E-state index is -0.171. The van der Waals surface area contributed by atoms with Gasteiger partial charge in [0, 0.05) is 19.6 Å². The number of hydrogen-bond donors (Lipinski definition) is 1. The normalized spacial score (nSPS) is 16.2. The fourth-order valence-corrected chi connectivity index (χ4v) is 4.25. The number of fused-ring (bicyclic) bond motifs is 1. The fourth-order valence-electron chi connectivity index (χ4n) is 4.25. The maximum atomic E-state index is 13.0. The summed E-state index contributed by atoms with van der Waals surface area (Å²) in [5.74, 6) is 0.692. The summed E-state index contributed by atoms with van der Waals surface area (Å²) < 4.78 is 5.24. The van der Waals surface area contributed by atoms with E-state index < -0.39 is 0 Å². The lowest BCUT2D eigenvalue weighted by atomic mass is 9.95. The van der Waals surface area contributed by atoms with Gasteiger partial charge in [0.05, 0.1) is 19.4 Å². The van der Waals surface area contributed by atoms with Gasteiger partial charge < -0.3 is 15.0 Å². The van der Waals surface area contributed by atoms with Gasteiger partial charge in [0.15, 0.2) is 0 Å². The first-order valence-electron chi connectivity index (χ1n) is 10.8. The summed E-state index contributed by atoms with van der Waals surface area (Å²) in [6, 6.07) is 21.9. The lowest BCUT2D eigenvalue weighted by Gasteiger charge is -2.32. The van der Waals surface area contributed by atoms with Gasteiger partial charge in [-0.3, -0.25) is 9.59 Å². The minimum absolute atomic E-state index is 0.00507. The maximum absolute atomic E-state index is 13.0. The summed E-state index contributed by atoms with van der Waals surface area (Å²) in [4.78, 5) is 27.6. The van der Waals surface area contributed by atoms with Crippen molar-refractivity contribution in [3.63, 3.8) is 0 Å². The Morgan fingerprint density at radius 3 is 2.74 bits per heavy atom. The molecule has 0 aromatic heterocycles. The second-order valence-electron chi connectivity index (χ2n) is 8.06. The lowest BCUT2D eigenvalue weighted by molar-refractivity contribution is -0.135. The number of carbonyl (C=O) groups excluding carboxylic acids is 2. The van der Waals surface area contributed by atoms with Crippen LogP contribution < -0.4 is 10.1 Å². The van der Waals surface area contributed by atoms with Crippen LogP contribution in [0.5, 0.6) is 5.75 Å². The molecule has 1 fully saturated rings. The van der Waals surface area contributed by atoms with Crippen LogP contribution in [0.15, 0.2) is 66.7 Å². The lowest BCUT2D eigenvalue weighted by Crippen LogP contribution is -2.45. The number of ether oxygens (including phenoxy) is 1. The zero-order valence-electron chi connectivity index (χ0n) is 17.8. The molecule has 0 saturated carbocycles. The Morgan fingerprint density at radius 2 is 1.87 bits per heavy atom. The highest BCUT2D eigenvalue weighted by Gasteiger charge is 2.28. The van der Waals surface area contributed by atoms with Crippen LogP contribution in [0.2, 0.25) is 0 Å². The molecule has 1 heterocycles. The third kappa shape index (κ3) is 5.05. The molecule has 0 radical (unpaired) electrons. The zero-order valence-corrected chi connectivity index (χ0v) is 17.8. The molecule has 2 amide bonds. The molecule has 4 rings (SSSR count). The van der Waals surface area contributed by atoms with Gasteiger partial charge in [0.25, 0.3) is 0 Å². The van der Waals surface area contributed by atoms with Crippen molar-refractivity contribution in [2.24, 2.45) is 5.92 Å². The first-order valence-corrected chi connectivity index (χ1v) is 10.8. The van der Waals surface area contributed by atoms with Crippen LogP contribution in [0.3, 0.4) is 0 Å². The van der Waals surface area contributed by atoms with E-state index in [1.54, 1.807) is 7.11 Å². The van der Waals surface area contributed by atoms with Crippen LogP contribution in [-0.4, -0.2) is 36.9 Å². The summed E-state index contributed by atoms with van der Waals surface area (Å²) in [6.07, 6.45) is 2.01. The second-order valence-corrected chi connectivity index (χ2v) is 8.06. The number of hydrogen-bond acceptors (Lipinski definition) is 3. The Balaban J connectivity index is 1.36. The Bertz CT molecular complexity index is 1070. The number of amides is 2. The highest BCUT2D eigenvalue weighted by molar-refractivity contribution is 5.90. The minimum Gasteiger partial charge on any atom is -0.497 e. The van der Waals surface area contributed by atoms with Crippen molar-refractivity contribution < 1.29 is 14.3 Å². The van der Waals surface area contributed by atoms with Gasteiger partial charge in [0.2, 0.25) is 11.8 Å². The van der Waals surface area contributed by atoms with Crippen LogP contribution in [0.25, 0.3) is 10.8 Å². The van der Waals surface area contributed by atoms with Crippen LogP contribution in [0.4, 0.5) is 0 Å². The van der Waals surface area contributed by atoms with Crippen molar-refractivity contribution in [3.05, 3.63) is 77.9 Å². The van der Waals surface area contributed by atoms with Crippen molar-refractivity contribution >= 4 is 22.6 Å². The molecule has 3 aromatic carbocycles. The first-order chi connectivity index (χ1) is 15.1. The van der Waals surface area contributed by atoms with E-state index >= 15 is 0 Å². The predicted molar refractivity (Wildman–Crippen MR) is 122 cm³/mol. The van der Waals surface area contributed by atoms with Crippen molar-refractivity contribution in [1.82, 2.24) is 10.2 Å². The van der Waals surface area contributed by atoms with Crippen LogP contribution in [0, 0.1) is 5.92 Å². The topological polar surface area (TPSA) is 58.6 Å². The SMILES string of the molecule is COc1cccc(CNC(=O)C2CCCN(C(=O)Cc3cccc4ccccc34)C2)c1. The highest BCUT2D eigenvalue weighted by atomic mass is 16.5. The molecule has 31 heavy (non-hydrogen) atoms. The monoisotopic (exact) mass is 416 g/mol. The molecule has 5 nitrogen and oxygen atoms in total. The van der Waals surface area contributed by atoms with E-state index in [9.17, 15) is 9.59 Å². The summed E-state index contributed by atoms with van der Waals surface area (Å²) in [6.45, 7) is 1.65. The molecular formula is C26H28N2O3. The number of nitrogens with zero attached hydrogens (tertiary/aromatic N) is 1. The molecule has 1 aliphatic heterocycles. The summed E-state index contributed by atoms with van der Waals surface area (Å²) in [7, 11) is 1.63. The molecular weight excluding hydrogens is 388 g/mol. The maximum Gasteiger partial charge on any atom is 0.227 e. The van der Waals surface area contributed by atoms with Crippen LogP contribution in [0.1, 0.15) is 24.0 Å². The van der Waals surface area contributed by atoms with Gasteiger partial charge in [-0.2, -0.15) is 0 Å². The molecule has 1 atom stereocenters. The molecule has 5 heteroatoms. The summed E-state index contributed by atoms with van der Waals surface area (Å²) in [5, 5.41) is 5.27. The van der Waals surface area contributed by atoms with E-state index in [1.165, 1.54) is 0 Å². The second kappa shape index (κ2) is 9.65. The van der Waals surface area contributed by atoms with Gasteiger partial charge in [0.1, 0.15) is 5.75 Å². The molecule has 3 aromatic rings. The number of nitrogens with one attached hydrogen (secondary N) is 1. The fraction of sp³-hybridized carbons (Fsp3) is 0.308. The molecule has 160 valence electrons. The van der Waals surface area contributed by atoms with Gasteiger partial charge in [-0.1, -0.05) is 54.6 Å². The van der Waals surface area contributed by atoms with E-state index in [4.69, 9.17) is 4.74 Å². The average Bonchev–Trinajstić information content (AvgIpc) is 2.83. The van der Waals surface area contributed by atoms with Crippen molar-refractivity contribution in [3.8, 4) is 5.75 Å². The van der Waals surface area contributed by atoms with Gasteiger partial charge in [-0.25, -0.2) is 0 Å². The molecule has 0 bridgehead atoms. The molecule has 0 spiro atoms. The smallest absolute Gasteiger partial charge is 0.227 e. The Labute approximate surface area is 183 Å². The number of rotatable bonds is 6. The summed E-state index contributed by atoms with van der Waals surface area (Å²) >= 11 is 0. The van der Waals surface area contributed by atoms with Crippen LogP contribution >= 0.6 is 0 Å². The number of methoxy groups -OCH3 is 1. The molecule has 1 N–H and O–H groups in total. The van der Waals surface area contributed by atoms with Crippen molar-refractivity contribution in [1.29, 1.82) is 0 Å². The number of likely N-dealkylation sites (tertiary alicyclic amines) is 1. The van der Waals surface area contributed by atoms with E-state index in [1.807, 2.05) is 53.4 Å². The molecule has 1 aliphatic rings. The molecule has 1 saturated heterocycles. The zero-order chi connectivity index (χ0) is 21.6. The Kier molecular flexibility index (Phi) is 6.51. The Morgan fingerprint density at radius 1 is 1.06 bits per heavy atom. The van der Waals surface area contributed by atoms with Crippen molar-refractivity contribution in [2.75, 3.05) is 20.2 Å². The van der Waals surface area contributed by atoms with Crippen LogP contribution in [-0.2, 0) is 22.6 Å². The standard InChI is InChI=1S/C26H28N2O3/c1-31-23-12-4-7-19(15-23)17-27-26(30)22-11-6-14-28(18-22)25(29)16-21-10-5-9-20-8-2-3-13-24(20)21/h2-5,7-10,12-13,15,22H,6,11,14,16-18H2,1H3,(H,27,30). The number of benzene rings is 3. The molecule has 0 aliphatic carbocycles. The Hall–Kier alpha value is -3.34. The molecule has 1 unspecified atom stereocenters. The first kappa shape index (κ1) is 20.9. The largest absolute Gasteiger partial charge is 0.497 e. The third-order valence-corrected chi connectivity index (χ3v) is 5.97. The van der Waals surface area contributed by atoms with Crippen molar-refractivity contribution in [2.45, 2.75) is 25.8 Å². The van der Waals surface area contributed by atoms with Gasteiger partial charge >= 0.3 is 0 Å². The highest BCUT2D eigenvalue weighted by Crippen LogP contribution is 2.22.